The van der Waals surface area contributed by atoms with Crippen molar-refractivity contribution in [2.24, 2.45) is 5.73 Å². The van der Waals surface area contributed by atoms with Gasteiger partial charge in [-0.25, -0.2) is 0 Å². The number of methoxy groups -OCH3 is 1. The Labute approximate surface area is 64.6 Å². The molecule has 0 fully saturated rings. The third kappa shape index (κ3) is 1.37. The van der Waals surface area contributed by atoms with E-state index in [1.54, 1.807) is 18.4 Å². The summed E-state index contributed by atoms with van der Waals surface area (Å²) in [6.45, 7) is 2.03. The number of hydrogen-bond acceptors (Lipinski definition) is 3. The minimum Gasteiger partial charge on any atom is -0.362 e. The lowest BCUT2D eigenvalue weighted by Crippen LogP contribution is -2.11. The molecule has 3 heteroatoms. The molecule has 0 bridgehead atoms. The van der Waals surface area contributed by atoms with Crippen LogP contribution in [0.25, 0.3) is 0 Å². The lowest BCUT2D eigenvalue weighted by molar-refractivity contribution is 0.112. The molecule has 2 N–H and O–H groups in total. The van der Waals surface area contributed by atoms with Gasteiger partial charge in [0.25, 0.3) is 0 Å². The molecular weight excluding hydrogens is 146 g/mol. The normalized spacial score (nSPS) is 13.5. The fourth-order valence-corrected chi connectivity index (χ4v) is 1.69. The van der Waals surface area contributed by atoms with Gasteiger partial charge < -0.3 is 10.5 Å². The minimum absolute atomic E-state index is 0.250. The number of thiophene rings is 1. The molecule has 0 radical (unpaired) electrons. The molecule has 0 aliphatic heterocycles. The van der Waals surface area contributed by atoms with Gasteiger partial charge in [-0.15, -0.1) is 11.3 Å². The Morgan fingerprint density at radius 3 is 2.80 bits per heavy atom. The first kappa shape index (κ1) is 7.72. The second-order valence-electron chi connectivity index (χ2n) is 2.12. The minimum atomic E-state index is -0.250. The van der Waals surface area contributed by atoms with E-state index in [2.05, 4.69) is 0 Å². The molecule has 0 saturated heterocycles. The maximum Gasteiger partial charge on any atom is 0.140 e. The van der Waals surface area contributed by atoms with Crippen molar-refractivity contribution in [1.29, 1.82) is 0 Å². The van der Waals surface area contributed by atoms with Crippen LogP contribution in [0, 0.1) is 6.92 Å². The summed E-state index contributed by atoms with van der Waals surface area (Å²) in [5, 5.41) is 2.02. The molecule has 0 saturated carbocycles. The van der Waals surface area contributed by atoms with Crippen molar-refractivity contribution in [3.63, 3.8) is 0 Å². The first-order chi connectivity index (χ1) is 4.75. The summed E-state index contributed by atoms with van der Waals surface area (Å²) in [5.41, 5.74) is 6.84. The van der Waals surface area contributed by atoms with E-state index >= 15 is 0 Å². The zero-order valence-corrected chi connectivity index (χ0v) is 6.94. The molecule has 0 spiro atoms. The van der Waals surface area contributed by atoms with Crippen LogP contribution in [0.1, 0.15) is 16.7 Å². The van der Waals surface area contributed by atoms with Crippen LogP contribution in [0.5, 0.6) is 0 Å². The van der Waals surface area contributed by atoms with Crippen LogP contribution in [-0.2, 0) is 4.74 Å². The number of hydrogen-bond donors (Lipinski definition) is 1. The zero-order valence-electron chi connectivity index (χ0n) is 6.13. The topological polar surface area (TPSA) is 35.2 Å². The highest BCUT2D eigenvalue weighted by molar-refractivity contribution is 7.10. The predicted octanol–water partition coefficient (Wildman–Crippen LogP) is 1.66. The van der Waals surface area contributed by atoms with Crippen LogP contribution < -0.4 is 5.73 Å². The van der Waals surface area contributed by atoms with Gasteiger partial charge in [0.05, 0.1) is 4.88 Å². The monoisotopic (exact) mass is 157 g/mol. The lowest BCUT2D eigenvalue weighted by Gasteiger charge is -2.07. The SMILES string of the molecule is COC(N)c1sccc1C. The van der Waals surface area contributed by atoms with E-state index in [0.717, 1.165) is 4.88 Å². The second-order valence-corrected chi connectivity index (χ2v) is 3.07. The van der Waals surface area contributed by atoms with E-state index in [0.29, 0.717) is 0 Å². The fourth-order valence-electron chi connectivity index (χ4n) is 0.783. The van der Waals surface area contributed by atoms with Crippen molar-refractivity contribution in [3.05, 3.63) is 21.9 Å². The maximum absolute atomic E-state index is 5.63. The summed E-state index contributed by atoms with van der Waals surface area (Å²) in [6.07, 6.45) is -0.250. The van der Waals surface area contributed by atoms with Gasteiger partial charge in [0, 0.05) is 7.11 Å². The average molecular weight is 157 g/mol. The Bertz CT molecular complexity index is 209. The quantitative estimate of drug-likeness (QED) is 0.663. The molecule has 1 aromatic heterocycles. The fraction of sp³-hybridized carbons (Fsp3) is 0.429. The Morgan fingerprint density at radius 1 is 1.70 bits per heavy atom. The summed E-state index contributed by atoms with van der Waals surface area (Å²) < 4.78 is 4.96. The summed E-state index contributed by atoms with van der Waals surface area (Å²) in [7, 11) is 1.61. The van der Waals surface area contributed by atoms with Gasteiger partial charge in [0.15, 0.2) is 0 Å². The Morgan fingerprint density at radius 2 is 2.40 bits per heavy atom. The van der Waals surface area contributed by atoms with Crippen molar-refractivity contribution in [1.82, 2.24) is 0 Å². The second kappa shape index (κ2) is 3.14. The van der Waals surface area contributed by atoms with Crippen LogP contribution >= 0.6 is 11.3 Å². The van der Waals surface area contributed by atoms with Gasteiger partial charge in [-0.05, 0) is 23.9 Å². The summed E-state index contributed by atoms with van der Waals surface area (Å²) in [6, 6.07) is 2.04. The van der Waals surface area contributed by atoms with Crippen LogP contribution in [-0.4, -0.2) is 7.11 Å². The van der Waals surface area contributed by atoms with Gasteiger partial charge >= 0.3 is 0 Å². The average Bonchev–Trinajstić information content (AvgIpc) is 2.34. The van der Waals surface area contributed by atoms with E-state index in [-0.39, 0.29) is 6.23 Å². The first-order valence-corrected chi connectivity index (χ1v) is 3.96. The van der Waals surface area contributed by atoms with E-state index in [4.69, 9.17) is 10.5 Å². The van der Waals surface area contributed by atoms with Crippen molar-refractivity contribution in [2.45, 2.75) is 13.2 Å². The molecule has 2 nitrogen and oxygen atoms in total. The zero-order chi connectivity index (χ0) is 7.56. The van der Waals surface area contributed by atoms with Gasteiger partial charge in [-0.1, -0.05) is 0 Å². The van der Waals surface area contributed by atoms with Gasteiger partial charge in [-0.2, -0.15) is 0 Å². The Balaban J connectivity index is 2.82. The van der Waals surface area contributed by atoms with Gasteiger partial charge in [-0.3, -0.25) is 0 Å². The van der Waals surface area contributed by atoms with Crippen molar-refractivity contribution in [2.75, 3.05) is 7.11 Å². The van der Waals surface area contributed by atoms with Crippen LogP contribution in [0.4, 0.5) is 0 Å². The molecule has 0 amide bonds. The molecule has 1 heterocycles. The van der Waals surface area contributed by atoms with Crippen LogP contribution in [0.15, 0.2) is 11.4 Å². The predicted molar refractivity (Wildman–Crippen MR) is 43.0 cm³/mol. The third-order valence-electron chi connectivity index (χ3n) is 1.41. The first-order valence-electron chi connectivity index (χ1n) is 3.08. The van der Waals surface area contributed by atoms with Gasteiger partial charge in [0.2, 0.25) is 0 Å². The van der Waals surface area contributed by atoms with Crippen molar-refractivity contribution in [3.8, 4) is 0 Å². The summed E-state index contributed by atoms with van der Waals surface area (Å²) >= 11 is 1.63. The van der Waals surface area contributed by atoms with Crippen molar-refractivity contribution < 1.29 is 4.74 Å². The molecule has 1 unspecified atom stereocenters. The molecule has 0 aliphatic rings. The summed E-state index contributed by atoms with van der Waals surface area (Å²) in [4.78, 5) is 1.11. The number of aryl methyl sites for hydroxylation is 1. The maximum atomic E-state index is 5.63. The van der Waals surface area contributed by atoms with Crippen molar-refractivity contribution >= 4 is 11.3 Å². The molecule has 10 heavy (non-hydrogen) atoms. The standard InChI is InChI=1S/C7H11NOS/c1-5-3-4-10-6(5)7(8)9-2/h3-4,7H,8H2,1-2H3. The number of nitrogens with two attached hydrogens (primary N) is 1. The van der Waals surface area contributed by atoms with E-state index in [9.17, 15) is 0 Å². The highest BCUT2D eigenvalue weighted by Gasteiger charge is 2.07. The third-order valence-corrected chi connectivity index (χ3v) is 2.49. The molecule has 0 aliphatic carbocycles. The van der Waals surface area contributed by atoms with Crippen LogP contribution in [0.3, 0.4) is 0 Å². The molecule has 1 atom stereocenters. The van der Waals surface area contributed by atoms with Gasteiger partial charge in [0.1, 0.15) is 6.23 Å². The highest BCUT2D eigenvalue weighted by atomic mass is 32.1. The summed E-state index contributed by atoms with van der Waals surface area (Å²) in [5.74, 6) is 0. The molecular formula is C7H11NOS. The molecule has 1 rings (SSSR count). The Hall–Kier alpha value is -0.380. The van der Waals surface area contributed by atoms with E-state index < -0.39 is 0 Å². The van der Waals surface area contributed by atoms with Crippen LogP contribution in [0.2, 0.25) is 0 Å². The molecule has 0 aromatic carbocycles. The lowest BCUT2D eigenvalue weighted by atomic mass is 10.3. The molecule has 56 valence electrons. The number of rotatable bonds is 2. The molecule has 1 aromatic rings. The smallest absolute Gasteiger partial charge is 0.140 e. The van der Waals surface area contributed by atoms with E-state index in [1.807, 2.05) is 18.4 Å². The van der Waals surface area contributed by atoms with E-state index in [1.165, 1.54) is 5.56 Å². The Kier molecular flexibility index (Phi) is 2.43. The largest absolute Gasteiger partial charge is 0.362 e. The highest BCUT2D eigenvalue weighted by Crippen LogP contribution is 2.21. The number of ether oxygens (including phenoxy) is 1.